The minimum atomic E-state index is 0.333. The molecule has 98 valence electrons. The molecule has 0 aliphatic rings. The van der Waals surface area contributed by atoms with Gasteiger partial charge in [-0.25, -0.2) is 4.98 Å². The highest BCUT2D eigenvalue weighted by Crippen LogP contribution is 2.28. The van der Waals surface area contributed by atoms with Crippen molar-refractivity contribution in [3.63, 3.8) is 0 Å². The Balaban J connectivity index is 2.12. The average molecular weight is 328 g/mol. The van der Waals surface area contributed by atoms with Gasteiger partial charge in [-0.05, 0) is 41.5 Å². The van der Waals surface area contributed by atoms with Crippen LogP contribution in [0.5, 0.6) is 0 Å². The van der Waals surface area contributed by atoms with Crippen LogP contribution in [0.2, 0.25) is 0 Å². The van der Waals surface area contributed by atoms with Crippen molar-refractivity contribution in [3.8, 4) is 0 Å². The minimum absolute atomic E-state index is 0.333. The van der Waals surface area contributed by atoms with E-state index in [0.29, 0.717) is 6.04 Å². The smallest absolute Gasteiger partial charge is 0.110 e. The molecule has 0 aliphatic carbocycles. The van der Waals surface area contributed by atoms with Crippen molar-refractivity contribution in [1.29, 1.82) is 0 Å². The van der Waals surface area contributed by atoms with Gasteiger partial charge in [0.15, 0.2) is 0 Å². The van der Waals surface area contributed by atoms with E-state index in [0.717, 1.165) is 25.2 Å². The summed E-state index contributed by atoms with van der Waals surface area (Å²) in [5.74, 6) is 1.15. The summed E-state index contributed by atoms with van der Waals surface area (Å²) in [6.07, 6.45) is 6.02. The molecule has 0 amide bonds. The van der Waals surface area contributed by atoms with Crippen molar-refractivity contribution in [3.05, 3.63) is 39.0 Å². The fraction of sp³-hybridized carbons (Fsp3) is 0.462. The van der Waals surface area contributed by atoms with Crippen LogP contribution in [0.1, 0.15) is 30.1 Å². The molecule has 2 heterocycles. The van der Waals surface area contributed by atoms with E-state index in [1.54, 1.807) is 11.3 Å². The Hall–Kier alpha value is -0.650. The number of nitrogens with one attached hydrogen (secondary N) is 1. The Morgan fingerprint density at radius 1 is 1.50 bits per heavy atom. The van der Waals surface area contributed by atoms with Crippen LogP contribution in [0.25, 0.3) is 0 Å². The first-order valence-corrected chi connectivity index (χ1v) is 7.78. The molecule has 5 heteroatoms. The molecule has 0 radical (unpaired) electrons. The average Bonchev–Trinajstić information content (AvgIpc) is 2.96. The van der Waals surface area contributed by atoms with Crippen LogP contribution >= 0.6 is 27.3 Å². The Labute approximate surface area is 120 Å². The zero-order valence-electron chi connectivity index (χ0n) is 10.7. The monoisotopic (exact) mass is 327 g/mol. The summed E-state index contributed by atoms with van der Waals surface area (Å²) >= 11 is 5.30. The van der Waals surface area contributed by atoms with Crippen molar-refractivity contribution < 1.29 is 0 Å². The summed E-state index contributed by atoms with van der Waals surface area (Å²) in [5, 5.41) is 3.38. The van der Waals surface area contributed by atoms with E-state index in [1.807, 2.05) is 13.2 Å². The van der Waals surface area contributed by atoms with Gasteiger partial charge in [0.1, 0.15) is 5.82 Å². The topological polar surface area (TPSA) is 29.9 Å². The summed E-state index contributed by atoms with van der Waals surface area (Å²) in [7, 11) is 2.01. The van der Waals surface area contributed by atoms with Gasteiger partial charge < -0.3 is 9.88 Å². The zero-order valence-corrected chi connectivity index (χ0v) is 13.1. The number of imidazole rings is 1. The molecule has 0 saturated heterocycles. The van der Waals surface area contributed by atoms with Crippen molar-refractivity contribution in [2.24, 2.45) is 0 Å². The normalized spacial score (nSPS) is 12.8. The summed E-state index contributed by atoms with van der Waals surface area (Å²) in [6.45, 7) is 3.23. The van der Waals surface area contributed by atoms with E-state index in [1.165, 1.54) is 8.66 Å². The maximum atomic E-state index is 4.47. The molecule has 1 atom stereocenters. The minimum Gasteiger partial charge on any atom is -0.335 e. The molecule has 0 bridgehead atoms. The van der Waals surface area contributed by atoms with Gasteiger partial charge in [-0.1, -0.05) is 6.92 Å². The highest BCUT2D eigenvalue weighted by Gasteiger charge is 2.15. The largest absolute Gasteiger partial charge is 0.335 e. The molecule has 2 aromatic heterocycles. The number of aryl methyl sites for hydroxylation is 1. The number of halogens is 1. The number of likely N-dealkylation sites (N-methyl/N-ethyl adjacent to an activating group) is 1. The predicted molar refractivity (Wildman–Crippen MR) is 80.0 cm³/mol. The summed E-state index contributed by atoms with van der Waals surface area (Å²) in [4.78, 5) is 5.81. The van der Waals surface area contributed by atoms with E-state index in [9.17, 15) is 0 Å². The van der Waals surface area contributed by atoms with E-state index >= 15 is 0 Å². The molecule has 2 aromatic rings. The van der Waals surface area contributed by atoms with Crippen LogP contribution in [0.4, 0.5) is 0 Å². The molecule has 1 unspecified atom stereocenters. The van der Waals surface area contributed by atoms with Gasteiger partial charge in [0.25, 0.3) is 0 Å². The van der Waals surface area contributed by atoms with Crippen LogP contribution in [0.15, 0.2) is 28.3 Å². The first kappa shape index (κ1) is 13.8. The number of rotatable bonds is 6. The van der Waals surface area contributed by atoms with E-state index in [2.05, 4.69) is 56.1 Å². The summed E-state index contributed by atoms with van der Waals surface area (Å²) in [5.41, 5.74) is 0. The second kappa shape index (κ2) is 6.50. The van der Waals surface area contributed by atoms with Gasteiger partial charge in [0.05, 0.1) is 3.79 Å². The Bertz CT molecular complexity index is 492. The maximum absolute atomic E-state index is 4.47. The first-order chi connectivity index (χ1) is 8.74. The van der Waals surface area contributed by atoms with Gasteiger partial charge in [0.2, 0.25) is 0 Å². The molecule has 1 N–H and O–H groups in total. The molecule has 0 aliphatic heterocycles. The van der Waals surface area contributed by atoms with Gasteiger partial charge >= 0.3 is 0 Å². The zero-order chi connectivity index (χ0) is 13.0. The summed E-state index contributed by atoms with van der Waals surface area (Å²) in [6, 6.07) is 4.60. The van der Waals surface area contributed by atoms with Crippen LogP contribution in [0.3, 0.4) is 0 Å². The number of aromatic nitrogens is 2. The lowest BCUT2D eigenvalue weighted by molar-refractivity contribution is 0.549. The number of hydrogen-bond acceptors (Lipinski definition) is 3. The number of hydrogen-bond donors (Lipinski definition) is 1. The van der Waals surface area contributed by atoms with Crippen molar-refractivity contribution in [1.82, 2.24) is 14.9 Å². The lowest BCUT2D eigenvalue weighted by Crippen LogP contribution is -2.20. The van der Waals surface area contributed by atoms with E-state index < -0.39 is 0 Å². The highest BCUT2D eigenvalue weighted by molar-refractivity contribution is 9.11. The quantitative estimate of drug-likeness (QED) is 0.878. The highest BCUT2D eigenvalue weighted by atomic mass is 79.9. The standard InChI is InChI=1S/C13H18BrN3S/c1-3-7-17-8-6-16-13(17)9-10(15-2)11-4-5-12(14)18-11/h4-6,8,10,15H,3,7,9H2,1-2H3. The van der Waals surface area contributed by atoms with Crippen LogP contribution < -0.4 is 5.32 Å². The molecule has 2 rings (SSSR count). The molecule has 0 aromatic carbocycles. The summed E-state index contributed by atoms with van der Waals surface area (Å²) < 4.78 is 3.42. The van der Waals surface area contributed by atoms with Crippen molar-refractivity contribution >= 4 is 27.3 Å². The molecule has 3 nitrogen and oxygen atoms in total. The second-order valence-corrected chi connectivity index (χ2v) is 6.72. The number of nitrogens with zero attached hydrogens (tertiary/aromatic N) is 2. The molecule has 0 saturated carbocycles. The number of thiophene rings is 1. The molecule has 0 spiro atoms. The first-order valence-electron chi connectivity index (χ1n) is 6.17. The third-order valence-electron chi connectivity index (χ3n) is 2.94. The fourth-order valence-electron chi connectivity index (χ4n) is 2.02. The maximum Gasteiger partial charge on any atom is 0.110 e. The lowest BCUT2D eigenvalue weighted by Gasteiger charge is -2.15. The van der Waals surface area contributed by atoms with E-state index in [4.69, 9.17) is 0 Å². The molecular weight excluding hydrogens is 310 g/mol. The Morgan fingerprint density at radius 2 is 2.33 bits per heavy atom. The van der Waals surface area contributed by atoms with Crippen LogP contribution in [0, 0.1) is 0 Å². The fourth-order valence-corrected chi connectivity index (χ4v) is 3.55. The van der Waals surface area contributed by atoms with Crippen molar-refractivity contribution in [2.45, 2.75) is 32.4 Å². The molecular formula is C13H18BrN3S. The Kier molecular flexibility index (Phi) is 4.97. The Morgan fingerprint density at radius 3 is 2.94 bits per heavy atom. The third kappa shape index (κ3) is 3.22. The molecule has 0 fully saturated rings. The second-order valence-electron chi connectivity index (χ2n) is 4.22. The third-order valence-corrected chi connectivity index (χ3v) is 4.68. The SMILES string of the molecule is CCCn1ccnc1CC(NC)c1ccc(Br)s1. The van der Waals surface area contributed by atoms with Crippen LogP contribution in [-0.2, 0) is 13.0 Å². The van der Waals surface area contributed by atoms with Gasteiger partial charge in [-0.3, -0.25) is 0 Å². The van der Waals surface area contributed by atoms with Gasteiger partial charge in [-0.2, -0.15) is 0 Å². The van der Waals surface area contributed by atoms with Gasteiger partial charge in [-0.15, -0.1) is 11.3 Å². The van der Waals surface area contributed by atoms with Crippen LogP contribution in [-0.4, -0.2) is 16.6 Å². The van der Waals surface area contributed by atoms with E-state index in [-0.39, 0.29) is 0 Å². The van der Waals surface area contributed by atoms with Gasteiger partial charge in [0, 0.05) is 36.3 Å². The lowest BCUT2D eigenvalue weighted by atomic mass is 10.1. The molecule has 18 heavy (non-hydrogen) atoms. The van der Waals surface area contributed by atoms with Crippen molar-refractivity contribution in [2.75, 3.05) is 7.05 Å². The predicted octanol–water partition coefficient (Wildman–Crippen LogP) is 3.62.